The summed E-state index contributed by atoms with van der Waals surface area (Å²) in [6.45, 7) is 5.25. The van der Waals surface area contributed by atoms with Crippen LogP contribution in [0.5, 0.6) is 0 Å². The van der Waals surface area contributed by atoms with Crippen LogP contribution in [0.3, 0.4) is 0 Å². The lowest BCUT2D eigenvalue weighted by Gasteiger charge is -2.20. The van der Waals surface area contributed by atoms with Crippen LogP contribution in [0.1, 0.15) is 46.5 Å². The van der Waals surface area contributed by atoms with Crippen molar-refractivity contribution >= 4 is 11.6 Å². The summed E-state index contributed by atoms with van der Waals surface area (Å²) < 4.78 is 0. The van der Waals surface area contributed by atoms with E-state index in [-0.39, 0.29) is 11.6 Å². The summed E-state index contributed by atoms with van der Waals surface area (Å²) in [6, 6.07) is 0. The van der Waals surface area contributed by atoms with Gasteiger partial charge in [-0.1, -0.05) is 11.6 Å². The summed E-state index contributed by atoms with van der Waals surface area (Å²) >= 11 is 0. The molecule has 2 heteroatoms. The maximum absolute atomic E-state index is 12.1. The Bertz CT molecular complexity index is 481. The average molecular weight is 230 g/mol. The van der Waals surface area contributed by atoms with Crippen molar-refractivity contribution in [1.82, 2.24) is 0 Å². The predicted octanol–water partition coefficient (Wildman–Crippen LogP) is 3.29. The molecule has 0 unspecified atom stereocenters. The molecule has 0 N–H and O–H groups in total. The van der Waals surface area contributed by atoms with Gasteiger partial charge in [-0.25, -0.2) is 0 Å². The van der Waals surface area contributed by atoms with E-state index in [1.165, 1.54) is 12.0 Å². The number of carbonyl (C=O) groups excluding carboxylic acids is 2. The zero-order chi connectivity index (χ0) is 12.6. The number of hydrogen-bond acceptors (Lipinski definition) is 2. The Morgan fingerprint density at radius 2 is 1.53 bits per heavy atom. The van der Waals surface area contributed by atoms with Crippen LogP contribution in [0.15, 0.2) is 33.9 Å². The van der Waals surface area contributed by atoms with E-state index in [9.17, 15) is 9.59 Å². The highest BCUT2D eigenvalue weighted by atomic mass is 16.1. The summed E-state index contributed by atoms with van der Waals surface area (Å²) in [4.78, 5) is 24.0. The summed E-state index contributed by atoms with van der Waals surface area (Å²) in [6.07, 6.45) is 6.32. The van der Waals surface area contributed by atoms with Crippen molar-refractivity contribution in [2.75, 3.05) is 0 Å². The Hall–Kier alpha value is -1.44. The molecule has 0 radical (unpaired) electrons. The second-order valence-corrected chi connectivity index (χ2v) is 4.93. The van der Waals surface area contributed by atoms with Gasteiger partial charge in [-0.2, -0.15) is 0 Å². The van der Waals surface area contributed by atoms with Gasteiger partial charge in [0, 0.05) is 22.3 Å². The van der Waals surface area contributed by atoms with Gasteiger partial charge in [0.2, 0.25) is 0 Å². The number of allylic oxidation sites excluding steroid dienone is 6. The first-order chi connectivity index (χ1) is 8.02. The van der Waals surface area contributed by atoms with Gasteiger partial charge < -0.3 is 0 Å². The molecule has 0 aromatic rings. The van der Waals surface area contributed by atoms with Gasteiger partial charge >= 0.3 is 0 Å². The van der Waals surface area contributed by atoms with Crippen LogP contribution >= 0.6 is 0 Å². The maximum atomic E-state index is 12.1. The molecule has 0 saturated heterocycles. The van der Waals surface area contributed by atoms with Crippen molar-refractivity contribution in [1.29, 1.82) is 0 Å². The Morgan fingerprint density at radius 1 is 0.941 bits per heavy atom. The topological polar surface area (TPSA) is 34.1 Å². The van der Waals surface area contributed by atoms with E-state index in [4.69, 9.17) is 0 Å². The molecule has 1 saturated carbocycles. The molecule has 0 atom stereocenters. The molecule has 2 aliphatic carbocycles. The van der Waals surface area contributed by atoms with Crippen LogP contribution < -0.4 is 0 Å². The fourth-order valence-corrected chi connectivity index (χ4v) is 2.23. The van der Waals surface area contributed by atoms with Gasteiger partial charge in [-0.3, -0.25) is 9.59 Å². The van der Waals surface area contributed by atoms with Crippen molar-refractivity contribution in [3.8, 4) is 0 Å². The number of Topliss-reactive ketones (excluding diaryl/α,β-unsaturated/α-hetero) is 2. The molecular formula is C15H18O2. The third kappa shape index (κ3) is 2.04. The lowest BCUT2D eigenvalue weighted by atomic mass is 9.83. The van der Waals surface area contributed by atoms with E-state index in [0.29, 0.717) is 28.7 Å². The number of rotatable bonds is 2. The maximum Gasteiger partial charge on any atom is 0.185 e. The van der Waals surface area contributed by atoms with Gasteiger partial charge in [0.05, 0.1) is 0 Å². The standard InChI is InChI=1S/C15H18O2/c1-9-10(2)15(17)13(11(3)14(9)16)8-7-12-5-4-6-12/h7H,4-6,8H2,1-3H3. The molecular weight excluding hydrogens is 212 g/mol. The molecule has 0 aliphatic heterocycles. The van der Waals surface area contributed by atoms with Crippen molar-refractivity contribution in [2.45, 2.75) is 46.5 Å². The van der Waals surface area contributed by atoms with Crippen LogP contribution in [0.25, 0.3) is 0 Å². The van der Waals surface area contributed by atoms with Crippen LogP contribution in [0, 0.1) is 0 Å². The largest absolute Gasteiger partial charge is 0.289 e. The van der Waals surface area contributed by atoms with Crippen molar-refractivity contribution < 1.29 is 9.59 Å². The van der Waals surface area contributed by atoms with E-state index in [1.54, 1.807) is 20.8 Å². The molecule has 2 nitrogen and oxygen atoms in total. The first-order valence-electron chi connectivity index (χ1n) is 6.17. The molecule has 1 fully saturated rings. The second-order valence-electron chi connectivity index (χ2n) is 4.93. The van der Waals surface area contributed by atoms with Gasteiger partial charge in [0.15, 0.2) is 11.6 Å². The molecule has 2 aliphatic rings. The fourth-order valence-electron chi connectivity index (χ4n) is 2.23. The van der Waals surface area contributed by atoms with Crippen LogP contribution in [-0.2, 0) is 9.59 Å². The summed E-state index contributed by atoms with van der Waals surface area (Å²) in [5, 5.41) is 0. The molecule has 90 valence electrons. The summed E-state index contributed by atoms with van der Waals surface area (Å²) in [7, 11) is 0. The molecule has 0 spiro atoms. The molecule has 0 aromatic heterocycles. The van der Waals surface area contributed by atoms with Crippen LogP contribution in [0.2, 0.25) is 0 Å². The van der Waals surface area contributed by atoms with E-state index in [0.717, 1.165) is 12.8 Å². The summed E-state index contributed by atoms with van der Waals surface area (Å²) in [5.41, 5.74) is 3.97. The van der Waals surface area contributed by atoms with Gasteiger partial charge in [-0.05, 0) is 46.5 Å². The molecule has 0 bridgehead atoms. The highest BCUT2D eigenvalue weighted by Gasteiger charge is 2.27. The monoisotopic (exact) mass is 230 g/mol. The normalized spacial score (nSPS) is 21.0. The minimum absolute atomic E-state index is 0.0316. The SMILES string of the molecule is CC1=C(C)C(=O)C(CC=C2CCC2)=C(C)C1=O. The van der Waals surface area contributed by atoms with Gasteiger partial charge in [-0.15, -0.1) is 0 Å². The predicted molar refractivity (Wildman–Crippen MR) is 67.6 cm³/mol. The van der Waals surface area contributed by atoms with E-state index in [2.05, 4.69) is 6.08 Å². The first kappa shape index (κ1) is 12.0. The van der Waals surface area contributed by atoms with Crippen molar-refractivity contribution in [3.05, 3.63) is 33.9 Å². The molecule has 0 aromatic carbocycles. The van der Waals surface area contributed by atoms with Crippen molar-refractivity contribution in [2.24, 2.45) is 0 Å². The third-order valence-corrected chi connectivity index (χ3v) is 3.90. The molecule has 2 rings (SSSR count). The minimum atomic E-state index is 0.0316. The van der Waals surface area contributed by atoms with Gasteiger partial charge in [0.1, 0.15) is 0 Å². The van der Waals surface area contributed by atoms with E-state index in [1.807, 2.05) is 0 Å². The van der Waals surface area contributed by atoms with Crippen LogP contribution in [0.4, 0.5) is 0 Å². The Kier molecular flexibility index (Phi) is 3.14. The lowest BCUT2D eigenvalue weighted by Crippen LogP contribution is -2.20. The van der Waals surface area contributed by atoms with E-state index >= 15 is 0 Å². The quantitative estimate of drug-likeness (QED) is 0.539. The lowest BCUT2D eigenvalue weighted by molar-refractivity contribution is -0.116. The Morgan fingerprint density at radius 3 is 2.06 bits per heavy atom. The van der Waals surface area contributed by atoms with Gasteiger partial charge in [0.25, 0.3) is 0 Å². The number of ketones is 2. The zero-order valence-corrected chi connectivity index (χ0v) is 10.7. The van der Waals surface area contributed by atoms with Crippen LogP contribution in [-0.4, -0.2) is 11.6 Å². The second kappa shape index (κ2) is 4.44. The Balaban J connectivity index is 2.26. The van der Waals surface area contributed by atoms with Crippen molar-refractivity contribution in [3.63, 3.8) is 0 Å². The smallest absolute Gasteiger partial charge is 0.185 e. The summed E-state index contributed by atoms with van der Waals surface area (Å²) in [5.74, 6) is 0.0832. The third-order valence-electron chi connectivity index (χ3n) is 3.90. The highest BCUT2D eigenvalue weighted by Crippen LogP contribution is 2.30. The minimum Gasteiger partial charge on any atom is -0.289 e. The highest BCUT2D eigenvalue weighted by molar-refractivity contribution is 6.24. The fraction of sp³-hybridized carbons (Fsp3) is 0.467. The zero-order valence-electron chi connectivity index (χ0n) is 10.7. The molecule has 0 amide bonds. The Labute approximate surface area is 102 Å². The van der Waals surface area contributed by atoms with E-state index < -0.39 is 0 Å². The first-order valence-corrected chi connectivity index (χ1v) is 6.17. The number of carbonyl (C=O) groups is 2. The average Bonchev–Trinajstić information content (AvgIpc) is 2.26. The molecule has 0 heterocycles. The number of hydrogen-bond donors (Lipinski definition) is 0. The molecule has 17 heavy (non-hydrogen) atoms.